The van der Waals surface area contributed by atoms with E-state index in [4.69, 9.17) is 4.74 Å². The van der Waals surface area contributed by atoms with Gasteiger partial charge >= 0.3 is 0 Å². The Balaban J connectivity index is 2.19. The van der Waals surface area contributed by atoms with E-state index < -0.39 is 23.1 Å². The van der Waals surface area contributed by atoms with Gasteiger partial charge in [0.15, 0.2) is 11.5 Å². The van der Waals surface area contributed by atoms with E-state index >= 15 is 0 Å². The lowest BCUT2D eigenvalue weighted by Crippen LogP contribution is -2.32. The largest absolute Gasteiger partial charge is 0.503 e. The molecule has 0 saturated heterocycles. The highest BCUT2D eigenvalue weighted by molar-refractivity contribution is 6.17. The first-order valence-corrected chi connectivity index (χ1v) is 8.61. The van der Waals surface area contributed by atoms with Crippen LogP contribution < -0.4 is 9.64 Å². The van der Waals surface area contributed by atoms with Gasteiger partial charge in [-0.2, -0.15) is 0 Å². The Bertz CT molecular complexity index is 913. The molecular formula is C21H22N2O4. The minimum Gasteiger partial charge on any atom is -0.503 e. The summed E-state index contributed by atoms with van der Waals surface area (Å²) in [6.07, 6.45) is 3.19. The molecule has 27 heavy (non-hydrogen) atoms. The molecule has 3 rings (SSSR count). The Morgan fingerprint density at radius 1 is 1.19 bits per heavy atom. The molecule has 2 aromatic rings. The number of rotatable bonds is 4. The number of Topliss-reactive ketones (excluding diaryl/α,β-unsaturated/α-hetero) is 1. The van der Waals surface area contributed by atoms with Crippen LogP contribution in [0.15, 0.2) is 60.1 Å². The molecule has 6 heteroatoms. The van der Waals surface area contributed by atoms with Crippen molar-refractivity contribution in [3.05, 3.63) is 65.7 Å². The van der Waals surface area contributed by atoms with Crippen molar-refractivity contribution in [2.24, 2.45) is 5.41 Å². The Morgan fingerprint density at radius 3 is 2.44 bits per heavy atom. The summed E-state index contributed by atoms with van der Waals surface area (Å²) in [4.78, 5) is 31.4. The summed E-state index contributed by atoms with van der Waals surface area (Å²) >= 11 is 0. The van der Waals surface area contributed by atoms with Crippen molar-refractivity contribution >= 4 is 17.4 Å². The molecule has 0 saturated carbocycles. The van der Waals surface area contributed by atoms with E-state index in [1.165, 1.54) is 12.0 Å². The fourth-order valence-corrected chi connectivity index (χ4v) is 3.13. The number of nitrogens with zero attached hydrogens (tertiary/aromatic N) is 2. The first kappa shape index (κ1) is 18.6. The summed E-state index contributed by atoms with van der Waals surface area (Å²) in [5.41, 5.74) is 0.572. The third kappa shape index (κ3) is 3.30. The second-order valence-corrected chi connectivity index (χ2v) is 7.40. The van der Waals surface area contributed by atoms with Crippen LogP contribution in [0.25, 0.3) is 0 Å². The number of hydrogen-bond acceptors (Lipinski definition) is 5. The predicted molar refractivity (Wildman–Crippen MR) is 102 cm³/mol. The maximum atomic E-state index is 13.1. The molecule has 0 fully saturated rings. The van der Waals surface area contributed by atoms with E-state index in [1.54, 1.807) is 69.6 Å². The van der Waals surface area contributed by atoms with Crippen LogP contribution in [0.4, 0.5) is 5.69 Å². The quantitative estimate of drug-likeness (QED) is 0.894. The van der Waals surface area contributed by atoms with Crippen LogP contribution in [-0.2, 0) is 9.59 Å². The summed E-state index contributed by atoms with van der Waals surface area (Å²) < 4.78 is 5.25. The van der Waals surface area contributed by atoms with Gasteiger partial charge in [0.25, 0.3) is 5.91 Å². The number of hydrogen-bond donors (Lipinski definition) is 1. The summed E-state index contributed by atoms with van der Waals surface area (Å²) in [5.74, 6) is -0.832. The SMILES string of the molecule is COc1cccc(N2C(=O)C(O)=C(C(=O)C(C)(C)C)C2c2ccncc2)c1. The normalized spacial score (nSPS) is 17.4. The summed E-state index contributed by atoms with van der Waals surface area (Å²) in [7, 11) is 1.54. The van der Waals surface area contributed by atoms with Crippen molar-refractivity contribution in [3.63, 3.8) is 0 Å². The van der Waals surface area contributed by atoms with Gasteiger partial charge in [0.1, 0.15) is 5.75 Å². The smallest absolute Gasteiger partial charge is 0.294 e. The standard InChI is InChI=1S/C21H22N2O4/c1-21(2,3)19(25)16-17(13-8-10-22-11-9-13)23(20(26)18(16)24)14-6-5-7-15(12-14)27-4/h5-12,17,24H,1-4H3. The number of aliphatic hydroxyl groups is 1. The molecule has 1 aromatic heterocycles. The number of carbonyl (C=O) groups excluding carboxylic acids is 2. The number of anilines is 1. The minimum absolute atomic E-state index is 0.0986. The number of methoxy groups -OCH3 is 1. The zero-order valence-electron chi connectivity index (χ0n) is 15.8. The van der Waals surface area contributed by atoms with Crippen LogP contribution in [0.3, 0.4) is 0 Å². The van der Waals surface area contributed by atoms with E-state index in [1.807, 2.05) is 0 Å². The zero-order valence-corrected chi connectivity index (χ0v) is 15.8. The van der Waals surface area contributed by atoms with Crippen molar-refractivity contribution in [3.8, 4) is 5.75 Å². The van der Waals surface area contributed by atoms with Crippen molar-refractivity contribution in [2.75, 3.05) is 12.0 Å². The molecular weight excluding hydrogens is 344 g/mol. The summed E-state index contributed by atoms with van der Waals surface area (Å²) in [6.45, 7) is 5.29. The lowest BCUT2D eigenvalue weighted by Gasteiger charge is -2.29. The first-order chi connectivity index (χ1) is 12.8. The monoisotopic (exact) mass is 366 g/mol. The number of amides is 1. The highest BCUT2D eigenvalue weighted by atomic mass is 16.5. The van der Waals surface area contributed by atoms with Gasteiger partial charge in [-0.15, -0.1) is 0 Å². The molecule has 0 aliphatic carbocycles. The maximum absolute atomic E-state index is 13.1. The molecule has 1 atom stereocenters. The fraction of sp³-hybridized carbons (Fsp3) is 0.286. The number of ketones is 1. The molecule has 1 aromatic carbocycles. The van der Waals surface area contributed by atoms with Gasteiger partial charge in [-0.05, 0) is 29.8 Å². The number of carbonyl (C=O) groups is 2. The van der Waals surface area contributed by atoms with Gasteiger partial charge in [0.05, 0.1) is 18.7 Å². The van der Waals surface area contributed by atoms with E-state index in [9.17, 15) is 14.7 Å². The average molecular weight is 366 g/mol. The Hall–Kier alpha value is -3.15. The molecule has 2 heterocycles. The van der Waals surface area contributed by atoms with Gasteiger partial charge in [0, 0.05) is 29.6 Å². The fourth-order valence-electron chi connectivity index (χ4n) is 3.13. The van der Waals surface area contributed by atoms with Crippen molar-refractivity contribution in [2.45, 2.75) is 26.8 Å². The van der Waals surface area contributed by atoms with Crippen molar-refractivity contribution in [1.82, 2.24) is 4.98 Å². The Morgan fingerprint density at radius 2 is 1.85 bits per heavy atom. The molecule has 1 aliphatic heterocycles. The maximum Gasteiger partial charge on any atom is 0.294 e. The van der Waals surface area contributed by atoms with Gasteiger partial charge in [-0.1, -0.05) is 26.8 Å². The Labute approximate surface area is 158 Å². The minimum atomic E-state index is -0.751. The second kappa shape index (κ2) is 6.87. The van der Waals surface area contributed by atoms with E-state index in [0.29, 0.717) is 17.0 Å². The number of aliphatic hydroxyl groups excluding tert-OH is 1. The highest BCUT2D eigenvalue weighted by Gasteiger charge is 2.46. The second-order valence-electron chi connectivity index (χ2n) is 7.40. The molecule has 1 amide bonds. The van der Waals surface area contributed by atoms with Crippen LogP contribution in [0.2, 0.25) is 0 Å². The number of aromatic nitrogens is 1. The molecule has 0 radical (unpaired) electrons. The molecule has 0 bridgehead atoms. The third-order valence-electron chi connectivity index (χ3n) is 4.49. The molecule has 0 spiro atoms. The molecule has 1 N–H and O–H groups in total. The van der Waals surface area contributed by atoms with Crippen LogP contribution >= 0.6 is 0 Å². The lowest BCUT2D eigenvalue weighted by molar-refractivity contribution is -0.123. The van der Waals surface area contributed by atoms with Crippen LogP contribution in [0.5, 0.6) is 5.75 Å². The lowest BCUT2D eigenvalue weighted by atomic mass is 9.82. The van der Waals surface area contributed by atoms with Crippen LogP contribution in [0.1, 0.15) is 32.4 Å². The van der Waals surface area contributed by atoms with Crippen molar-refractivity contribution in [1.29, 1.82) is 0 Å². The van der Waals surface area contributed by atoms with Gasteiger partial charge in [-0.3, -0.25) is 19.5 Å². The molecule has 1 aliphatic rings. The van der Waals surface area contributed by atoms with E-state index in [-0.39, 0.29) is 11.4 Å². The third-order valence-corrected chi connectivity index (χ3v) is 4.49. The molecule has 6 nitrogen and oxygen atoms in total. The predicted octanol–water partition coefficient (Wildman–Crippen LogP) is 3.61. The van der Waals surface area contributed by atoms with Gasteiger partial charge in [-0.25, -0.2) is 0 Å². The van der Waals surface area contributed by atoms with E-state index in [0.717, 1.165) is 0 Å². The summed E-state index contributed by atoms with van der Waals surface area (Å²) in [6, 6.07) is 9.70. The van der Waals surface area contributed by atoms with Crippen LogP contribution in [-0.4, -0.2) is 28.9 Å². The van der Waals surface area contributed by atoms with Gasteiger partial charge in [0.2, 0.25) is 0 Å². The van der Waals surface area contributed by atoms with Gasteiger partial charge < -0.3 is 9.84 Å². The number of ether oxygens (including phenoxy) is 1. The number of pyridine rings is 1. The first-order valence-electron chi connectivity index (χ1n) is 8.61. The number of benzene rings is 1. The van der Waals surface area contributed by atoms with E-state index in [2.05, 4.69) is 4.98 Å². The average Bonchev–Trinajstić information content (AvgIpc) is 2.92. The topological polar surface area (TPSA) is 79.7 Å². The van der Waals surface area contributed by atoms with Crippen molar-refractivity contribution < 1.29 is 19.4 Å². The summed E-state index contributed by atoms with van der Waals surface area (Å²) in [5, 5.41) is 10.6. The zero-order chi connectivity index (χ0) is 19.8. The molecule has 1 unspecified atom stereocenters. The highest BCUT2D eigenvalue weighted by Crippen LogP contribution is 2.43. The molecule has 140 valence electrons. The van der Waals surface area contributed by atoms with Crippen LogP contribution in [0, 0.1) is 5.41 Å². The Kier molecular flexibility index (Phi) is 4.74.